The van der Waals surface area contributed by atoms with E-state index in [9.17, 15) is 8.42 Å². The maximum absolute atomic E-state index is 12.7. The zero-order chi connectivity index (χ0) is 17.3. The molecule has 3 aliphatic rings. The number of pyridine rings is 1. The highest BCUT2D eigenvalue weighted by atomic mass is 32.2. The minimum atomic E-state index is -3.03. The zero-order valence-electron chi connectivity index (χ0n) is 14.5. The lowest BCUT2D eigenvalue weighted by Crippen LogP contribution is -2.70. The summed E-state index contributed by atoms with van der Waals surface area (Å²) in [7, 11) is -3.03. The quantitative estimate of drug-likeness (QED) is 0.782. The SMILES string of the molecule is O=S1(=O)CC[C@@H](COCc2ccccn2)C12CN(C1CCOCC1)C2. The highest BCUT2D eigenvalue weighted by molar-refractivity contribution is 7.93. The lowest BCUT2D eigenvalue weighted by Gasteiger charge is -2.53. The van der Waals surface area contributed by atoms with E-state index in [2.05, 4.69) is 9.88 Å². The number of hydrogen-bond donors (Lipinski definition) is 0. The van der Waals surface area contributed by atoms with Crippen molar-refractivity contribution in [2.75, 3.05) is 38.7 Å². The van der Waals surface area contributed by atoms with Crippen LogP contribution in [0.5, 0.6) is 0 Å². The van der Waals surface area contributed by atoms with Gasteiger partial charge in [0.15, 0.2) is 9.84 Å². The van der Waals surface area contributed by atoms with Crippen LogP contribution in [0.3, 0.4) is 0 Å². The Morgan fingerprint density at radius 3 is 2.76 bits per heavy atom. The summed E-state index contributed by atoms with van der Waals surface area (Å²) >= 11 is 0. The third-order valence-corrected chi connectivity index (χ3v) is 8.65. The molecule has 0 saturated carbocycles. The van der Waals surface area contributed by atoms with E-state index < -0.39 is 14.6 Å². The fourth-order valence-electron chi connectivity index (χ4n) is 4.45. The Morgan fingerprint density at radius 1 is 1.24 bits per heavy atom. The minimum Gasteiger partial charge on any atom is -0.381 e. The first-order valence-corrected chi connectivity index (χ1v) is 10.8. The molecule has 0 unspecified atom stereocenters. The van der Waals surface area contributed by atoms with Gasteiger partial charge < -0.3 is 9.47 Å². The van der Waals surface area contributed by atoms with E-state index in [0.717, 1.165) is 31.7 Å². The van der Waals surface area contributed by atoms with Gasteiger partial charge in [-0.05, 0) is 31.4 Å². The van der Waals surface area contributed by atoms with Crippen LogP contribution in [-0.2, 0) is 25.9 Å². The van der Waals surface area contributed by atoms with Gasteiger partial charge in [-0.1, -0.05) is 6.07 Å². The molecule has 3 fully saturated rings. The number of hydrogen-bond acceptors (Lipinski definition) is 6. The number of ether oxygens (including phenoxy) is 2. The number of sulfone groups is 1. The van der Waals surface area contributed by atoms with Gasteiger partial charge in [0.25, 0.3) is 0 Å². The van der Waals surface area contributed by atoms with E-state index in [0.29, 0.717) is 44.5 Å². The predicted molar refractivity (Wildman–Crippen MR) is 93.9 cm³/mol. The molecule has 1 spiro atoms. The standard InChI is InChI=1S/C18H26N2O4S/c21-25(22)10-6-15(11-24-12-16-3-1-2-7-19-16)18(25)13-20(14-18)17-4-8-23-9-5-17/h1-3,7,15,17H,4-6,8-14H2/t15-/m0/s1. The Hall–Kier alpha value is -1.02. The Bertz CT molecular complexity index is 682. The number of rotatable bonds is 5. The van der Waals surface area contributed by atoms with Crippen LogP contribution in [0.2, 0.25) is 0 Å². The molecule has 4 heterocycles. The summed E-state index contributed by atoms with van der Waals surface area (Å²) in [4.78, 5) is 6.60. The van der Waals surface area contributed by atoms with Crippen molar-refractivity contribution in [1.29, 1.82) is 0 Å². The predicted octanol–water partition coefficient (Wildman–Crippen LogP) is 1.27. The molecule has 6 nitrogen and oxygen atoms in total. The summed E-state index contributed by atoms with van der Waals surface area (Å²) in [6.07, 6.45) is 4.48. The first kappa shape index (κ1) is 17.4. The smallest absolute Gasteiger partial charge is 0.158 e. The van der Waals surface area contributed by atoms with E-state index in [4.69, 9.17) is 9.47 Å². The Labute approximate surface area is 149 Å². The molecular formula is C18H26N2O4S. The molecule has 0 N–H and O–H groups in total. The van der Waals surface area contributed by atoms with Crippen molar-refractivity contribution in [3.8, 4) is 0 Å². The number of nitrogens with zero attached hydrogens (tertiary/aromatic N) is 2. The van der Waals surface area contributed by atoms with Gasteiger partial charge >= 0.3 is 0 Å². The molecule has 0 aliphatic carbocycles. The van der Waals surface area contributed by atoms with Gasteiger partial charge in [0.1, 0.15) is 4.75 Å². The normalized spacial score (nSPS) is 28.9. The molecular weight excluding hydrogens is 340 g/mol. The van der Waals surface area contributed by atoms with Crippen LogP contribution in [0, 0.1) is 5.92 Å². The highest BCUT2D eigenvalue weighted by Gasteiger charge is 2.62. The molecule has 1 aromatic rings. The summed E-state index contributed by atoms with van der Waals surface area (Å²) in [5.74, 6) is 0.393. The molecule has 0 bridgehead atoms. The highest BCUT2D eigenvalue weighted by Crippen LogP contribution is 2.46. The van der Waals surface area contributed by atoms with Gasteiger partial charge in [-0.25, -0.2) is 8.42 Å². The van der Waals surface area contributed by atoms with Crippen molar-refractivity contribution in [3.63, 3.8) is 0 Å². The second-order valence-electron chi connectivity index (χ2n) is 7.45. The van der Waals surface area contributed by atoms with E-state index in [1.807, 2.05) is 18.2 Å². The third-order valence-electron chi connectivity index (χ3n) is 6.04. The van der Waals surface area contributed by atoms with Crippen molar-refractivity contribution in [3.05, 3.63) is 30.1 Å². The number of aromatic nitrogens is 1. The molecule has 0 amide bonds. The van der Waals surface area contributed by atoms with Crippen LogP contribution in [0.15, 0.2) is 24.4 Å². The summed E-state index contributed by atoms with van der Waals surface area (Å²) in [5, 5.41) is 0. The topological polar surface area (TPSA) is 68.7 Å². The Kier molecular flexibility index (Phi) is 4.83. The zero-order valence-corrected chi connectivity index (χ0v) is 15.3. The van der Waals surface area contributed by atoms with E-state index in [-0.39, 0.29) is 5.92 Å². The molecule has 25 heavy (non-hydrogen) atoms. The molecule has 0 radical (unpaired) electrons. The summed E-state index contributed by atoms with van der Waals surface area (Å²) in [6, 6.07) is 6.22. The molecule has 4 rings (SSSR count). The first-order valence-electron chi connectivity index (χ1n) is 9.12. The monoisotopic (exact) mass is 366 g/mol. The van der Waals surface area contributed by atoms with Crippen LogP contribution < -0.4 is 0 Å². The van der Waals surface area contributed by atoms with Crippen molar-refractivity contribution in [1.82, 2.24) is 9.88 Å². The number of likely N-dealkylation sites (tertiary alicyclic amines) is 1. The average molecular weight is 366 g/mol. The van der Waals surface area contributed by atoms with Crippen LogP contribution in [0.4, 0.5) is 0 Å². The third kappa shape index (κ3) is 3.23. The van der Waals surface area contributed by atoms with Gasteiger partial charge in [-0.15, -0.1) is 0 Å². The largest absolute Gasteiger partial charge is 0.381 e. The molecule has 138 valence electrons. The molecule has 3 aliphatic heterocycles. The van der Waals surface area contributed by atoms with E-state index >= 15 is 0 Å². The average Bonchev–Trinajstić information content (AvgIpc) is 2.86. The second kappa shape index (κ2) is 6.95. The van der Waals surface area contributed by atoms with Crippen LogP contribution in [-0.4, -0.2) is 67.8 Å². The van der Waals surface area contributed by atoms with Crippen LogP contribution in [0.1, 0.15) is 25.0 Å². The van der Waals surface area contributed by atoms with Crippen molar-refractivity contribution >= 4 is 9.84 Å². The lowest BCUT2D eigenvalue weighted by molar-refractivity contribution is -0.0320. The fourth-order valence-corrected chi connectivity index (χ4v) is 6.87. The lowest BCUT2D eigenvalue weighted by atomic mass is 9.82. The second-order valence-corrected chi connectivity index (χ2v) is 9.90. The van der Waals surface area contributed by atoms with Gasteiger partial charge in [0, 0.05) is 44.5 Å². The molecule has 1 atom stereocenters. The molecule has 1 aromatic heterocycles. The summed E-state index contributed by atoms with van der Waals surface area (Å²) < 4.78 is 36.1. The van der Waals surface area contributed by atoms with Crippen molar-refractivity contribution in [2.24, 2.45) is 5.92 Å². The molecule has 3 saturated heterocycles. The van der Waals surface area contributed by atoms with Crippen LogP contribution in [0.25, 0.3) is 0 Å². The van der Waals surface area contributed by atoms with Gasteiger partial charge in [0.2, 0.25) is 0 Å². The van der Waals surface area contributed by atoms with Gasteiger partial charge in [-0.3, -0.25) is 9.88 Å². The Morgan fingerprint density at radius 2 is 2.04 bits per heavy atom. The van der Waals surface area contributed by atoms with Crippen LogP contribution >= 0.6 is 0 Å². The van der Waals surface area contributed by atoms with Gasteiger partial charge in [0.05, 0.1) is 24.7 Å². The molecule has 0 aromatic carbocycles. The summed E-state index contributed by atoms with van der Waals surface area (Å²) in [5.41, 5.74) is 0.884. The van der Waals surface area contributed by atoms with E-state index in [1.54, 1.807) is 6.20 Å². The van der Waals surface area contributed by atoms with E-state index in [1.165, 1.54) is 0 Å². The van der Waals surface area contributed by atoms with Gasteiger partial charge in [-0.2, -0.15) is 0 Å². The fraction of sp³-hybridized carbons (Fsp3) is 0.722. The van der Waals surface area contributed by atoms with Crippen molar-refractivity contribution < 1.29 is 17.9 Å². The molecule has 7 heteroatoms. The first-order chi connectivity index (χ1) is 12.1. The Balaban J connectivity index is 1.37. The maximum atomic E-state index is 12.7. The van der Waals surface area contributed by atoms with Crippen molar-refractivity contribution in [2.45, 2.75) is 36.7 Å². The minimum absolute atomic E-state index is 0.0947. The maximum Gasteiger partial charge on any atom is 0.158 e. The summed E-state index contributed by atoms with van der Waals surface area (Å²) in [6.45, 7) is 3.85.